The van der Waals surface area contributed by atoms with Gasteiger partial charge >= 0.3 is 0 Å². The molecule has 0 aliphatic rings. The van der Waals surface area contributed by atoms with Gasteiger partial charge in [0.1, 0.15) is 6.07 Å². The molecular weight excluding hydrogens is 236 g/mol. The second-order valence-electron chi connectivity index (χ2n) is 4.34. The first-order valence-electron chi connectivity index (χ1n) is 5.83. The lowest BCUT2D eigenvalue weighted by molar-refractivity contribution is 0.396. The molecule has 0 aliphatic carbocycles. The van der Waals surface area contributed by atoms with Crippen molar-refractivity contribution in [3.63, 3.8) is 0 Å². The number of hydrogen-bond acceptors (Lipinski definition) is 3. The van der Waals surface area contributed by atoms with E-state index in [0.717, 1.165) is 19.4 Å². The van der Waals surface area contributed by atoms with Crippen molar-refractivity contribution in [1.82, 2.24) is 4.90 Å². The molecule has 0 aliphatic heterocycles. The van der Waals surface area contributed by atoms with Gasteiger partial charge in [-0.05, 0) is 45.6 Å². The summed E-state index contributed by atoms with van der Waals surface area (Å²) in [4.78, 5) is 2.07. The molecule has 0 bridgehead atoms. The molecule has 1 aromatic carbocycles. The van der Waals surface area contributed by atoms with Gasteiger partial charge in [0, 0.05) is 6.54 Å². The van der Waals surface area contributed by atoms with Crippen LogP contribution < -0.4 is 5.32 Å². The highest BCUT2D eigenvalue weighted by molar-refractivity contribution is 5.49. The Morgan fingerprint density at radius 1 is 1.22 bits per heavy atom. The number of unbranched alkanes of at least 4 members (excludes halogenated alkanes) is 1. The Labute approximate surface area is 106 Å². The average Bonchev–Trinajstić information content (AvgIpc) is 2.33. The molecule has 0 fully saturated rings. The van der Waals surface area contributed by atoms with Crippen LogP contribution in [0.25, 0.3) is 0 Å². The van der Waals surface area contributed by atoms with E-state index in [0.29, 0.717) is 6.54 Å². The van der Waals surface area contributed by atoms with Crippen molar-refractivity contribution in [3.05, 3.63) is 29.3 Å². The first-order chi connectivity index (χ1) is 8.56. The maximum Gasteiger partial charge on any atom is 0.183 e. The number of halogens is 2. The van der Waals surface area contributed by atoms with Gasteiger partial charge in [-0.2, -0.15) is 5.26 Å². The first-order valence-corrected chi connectivity index (χ1v) is 5.83. The predicted molar refractivity (Wildman–Crippen MR) is 67.4 cm³/mol. The van der Waals surface area contributed by atoms with Gasteiger partial charge < -0.3 is 10.2 Å². The molecule has 0 unspecified atom stereocenters. The fourth-order valence-corrected chi connectivity index (χ4v) is 1.55. The maximum absolute atomic E-state index is 13.5. The second kappa shape index (κ2) is 6.92. The van der Waals surface area contributed by atoms with Crippen molar-refractivity contribution in [3.8, 4) is 6.07 Å². The van der Waals surface area contributed by atoms with Gasteiger partial charge in [0.05, 0.1) is 11.3 Å². The summed E-state index contributed by atoms with van der Waals surface area (Å²) in [7, 11) is 3.98. The van der Waals surface area contributed by atoms with Crippen molar-refractivity contribution in [1.29, 1.82) is 5.26 Å². The summed E-state index contributed by atoms with van der Waals surface area (Å²) in [5.41, 5.74) is -0.165. The molecule has 0 atom stereocenters. The summed E-state index contributed by atoms with van der Waals surface area (Å²) in [6.45, 7) is 1.54. The van der Waals surface area contributed by atoms with E-state index >= 15 is 0 Å². The van der Waals surface area contributed by atoms with Crippen LogP contribution in [0.1, 0.15) is 18.4 Å². The largest absolute Gasteiger partial charge is 0.383 e. The Morgan fingerprint density at radius 3 is 2.56 bits per heavy atom. The van der Waals surface area contributed by atoms with Crippen molar-refractivity contribution < 1.29 is 8.78 Å². The van der Waals surface area contributed by atoms with Crippen LogP contribution in [0, 0.1) is 23.0 Å². The fourth-order valence-electron chi connectivity index (χ4n) is 1.55. The van der Waals surface area contributed by atoms with Crippen LogP contribution in [-0.4, -0.2) is 32.1 Å². The normalized spacial score (nSPS) is 10.4. The molecule has 0 saturated heterocycles. The summed E-state index contributed by atoms with van der Waals surface area (Å²) in [5.74, 6) is -2.07. The van der Waals surface area contributed by atoms with Crippen molar-refractivity contribution in [2.24, 2.45) is 0 Å². The minimum Gasteiger partial charge on any atom is -0.383 e. The molecule has 0 spiro atoms. The van der Waals surface area contributed by atoms with Gasteiger partial charge in [0.25, 0.3) is 0 Å². The van der Waals surface area contributed by atoms with Crippen LogP contribution in [0.5, 0.6) is 0 Å². The van der Waals surface area contributed by atoms with Crippen molar-refractivity contribution in [2.75, 3.05) is 32.5 Å². The molecule has 1 rings (SSSR count). The molecule has 0 aromatic heterocycles. The van der Waals surface area contributed by atoms with Gasteiger partial charge in [-0.25, -0.2) is 8.78 Å². The molecule has 1 N–H and O–H groups in total. The van der Waals surface area contributed by atoms with Gasteiger partial charge in [-0.15, -0.1) is 0 Å². The van der Waals surface area contributed by atoms with E-state index in [4.69, 9.17) is 5.26 Å². The zero-order chi connectivity index (χ0) is 13.5. The number of anilines is 1. The third-order valence-corrected chi connectivity index (χ3v) is 2.55. The molecule has 18 heavy (non-hydrogen) atoms. The molecular formula is C13H17F2N3. The molecule has 3 nitrogen and oxygen atoms in total. The topological polar surface area (TPSA) is 39.1 Å². The summed E-state index contributed by atoms with van der Waals surface area (Å²) >= 11 is 0. The highest BCUT2D eigenvalue weighted by Gasteiger charge is 2.12. The van der Waals surface area contributed by atoms with Gasteiger partial charge in [-0.1, -0.05) is 0 Å². The number of nitriles is 1. The molecule has 0 radical (unpaired) electrons. The Morgan fingerprint density at radius 2 is 1.94 bits per heavy atom. The van der Waals surface area contributed by atoms with Crippen LogP contribution >= 0.6 is 0 Å². The number of nitrogens with zero attached hydrogens (tertiary/aromatic N) is 2. The summed E-state index contributed by atoms with van der Waals surface area (Å²) in [6, 6.07) is 4.27. The van der Waals surface area contributed by atoms with Crippen LogP contribution in [0.4, 0.5) is 14.5 Å². The zero-order valence-corrected chi connectivity index (χ0v) is 10.6. The zero-order valence-electron chi connectivity index (χ0n) is 10.6. The van der Waals surface area contributed by atoms with Crippen molar-refractivity contribution >= 4 is 5.69 Å². The summed E-state index contributed by atoms with van der Waals surface area (Å²) in [6.07, 6.45) is 1.86. The van der Waals surface area contributed by atoms with Crippen LogP contribution in [0.2, 0.25) is 0 Å². The highest BCUT2D eigenvalue weighted by Crippen LogP contribution is 2.20. The Balaban J connectivity index is 2.49. The third-order valence-electron chi connectivity index (χ3n) is 2.55. The van der Waals surface area contributed by atoms with E-state index in [-0.39, 0.29) is 11.3 Å². The van der Waals surface area contributed by atoms with E-state index < -0.39 is 11.6 Å². The highest BCUT2D eigenvalue weighted by atomic mass is 19.2. The smallest absolute Gasteiger partial charge is 0.183 e. The third kappa shape index (κ3) is 3.97. The van der Waals surface area contributed by atoms with E-state index in [9.17, 15) is 8.78 Å². The molecule has 1 aromatic rings. The number of hydrogen-bond donors (Lipinski definition) is 1. The second-order valence-corrected chi connectivity index (χ2v) is 4.34. The van der Waals surface area contributed by atoms with Gasteiger partial charge in [0.15, 0.2) is 11.6 Å². The van der Waals surface area contributed by atoms with E-state index in [1.165, 1.54) is 12.1 Å². The maximum atomic E-state index is 13.5. The summed E-state index contributed by atoms with van der Waals surface area (Å²) in [5, 5.41) is 11.4. The standard InChI is InChI=1S/C13H17F2N3/c1-18(2)8-4-3-7-17-11-6-5-10(9-16)12(14)13(11)15/h5-6,17H,3-4,7-8H2,1-2H3. The Kier molecular flexibility index (Phi) is 5.53. The molecule has 5 heteroatoms. The van der Waals surface area contributed by atoms with Crippen LogP contribution in [-0.2, 0) is 0 Å². The van der Waals surface area contributed by atoms with Crippen LogP contribution in [0.15, 0.2) is 12.1 Å². The Bertz CT molecular complexity index is 439. The Hall–Kier alpha value is -1.67. The fraction of sp³-hybridized carbons (Fsp3) is 0.462. The first kappa shape index (κ1) is 14.4. The van der Waals surface area contributed by atoms with Crippen LogP contribution in [0.3, 0.4) is 0 Å². The molecule has 0 heterocycles. The average molecular weight is 253 g/mol. The lowest BCUT2D eigenvalue weighted by atomic mass is 10.2. The van der Waals surface area contributed by atoms with E-state index in [1.807, 2.05) is 14.1 Å². The van der Waals surface area contributed by atoms with E-state index in [2.05, 4.69) is 10.2 Å². The number of rotatable bonds is 6. The van der Waals surface area contributed by atoms with E-state index in [1.54, 1.807) is 6.07 Å². The molecule has 0 saturated carbocycles. The van der Waals surface area contributed by atoms with Gasteiger partial charge in [-0.3, -0.25) is 0 Å². The van der Waals surface area contributed by atoms with Gasteiger partial charge in [0.2, 0.25) is 0 Å². The number of nitrogens with one attached hydrogen (secondary N) is 1. The molecule has 98 valence electrons. The molecule has 0 amide bonds. The number of benzene rings is 1. The lowest BCUT2D eigenvalue weighted by Crippen LogP contribution is -2.14. The summed E-state index contributed by atoms with van der Waals surface area (Å²) < 4.78 is 26.8. The minimum absolute atomic E-state index is 0.108. The quantitative estimate of drug-likeness (QED) is 0.792. The predicted octanol–water partition coefficient (Wildman–Crippen LogP) is 2.59. The monoisotopic (exact) mass is 253 g/mol. The lowest BCUT2D eigenvalue weighted by Gasteiger charge is -2.11. The van der Waals surface area contributed by atoms with Crippen molar-refractivity contribution in [2.45, 2.75) is 12.8 Å². The minimum atomic E-state index is -1.09. The SMILES string of the molecule is CN(C)CCCCNc1ccc(C#N)c(F)c1F.